The standard InChI is InChI=1S/C11H13FN2O6/c12-8-6-10(14(18)19)9(5-7(8)11(16)17)13-1-3-20-4-2-15/h5-6,13,15H,1-4H2,(H,16,17). The highest BCUT2D eigenvalue weighted by molar-refractivity contribution is 5.90. The third-order valence-corrected chi connectivity index (χ3v) is 2.31. The molecule has 0 bridgehead atoms. The van der Waals surface area contributed by atoms with Gasteiger partial charge in [0.1, 0.15) is 11.5 Å². The largest absolute Gasteiger partial charge is 0.478 e. The summed E-state index contributed by atoms with van der Waals surface area (Å²) in [6.45, 7) is 0.260. The van der Waals surface area contributed by atoms with Crippen molar-refractivity contribution in [3.05, 3.63) is 33.6 Å². The second kappa shape index (κ2) is 7.36. The molecular weight excluding hydrogens is 275 g/mol. The molecule has 1 rings (SSSR count). The minimum atomic E-state index is -1.52. The third kappa shape index (κ3) is 4.14. The summed E-state index contributed by atoms with van der Waals surface area (Å²) < 4.78 is 18.3. The third-order valence-electron chi connectivity index (χ3n) is 2.31. The fourth-order valence-electron chi connectivity index (χ4n) is 1.44. The Kier molecular flexibility index (Phi) is 5.81. The molecular formula is C11H13FN2O6. The minimum absolute atomic E-state index is 0.110. The second-order valence-corrected chi connectivity index (χ2v) is 3.67. The van der Waals surface area contributed by atoms with E-state index in [4.69, 9.17) is 14.9 Å². The van der Waals surface area contributed by atoms with E-state index >= 15 is 0 Å². The summed E-state index contributed by atoms with van der Waals surface area (Å²) in [6.07, 6.45) is 0. The number of carboxylic acid groups (broad SMARTS) is 1. The van der Waals surface area contributed by atoms with Crippen LogP contribution in [-0.2, 0) is 4.74 Å². The number of halogens is 1. The Labute approximate surface area is 112 Å². The van der Waals surface area contributed by atoms with Gasteiger partial charge >= 0.3 is 5.97 Å². The fourth-order valence-corrected chi connectivity index (χ4v) is 1.44. The smallest absolute Gasteiger partial charge is 0.338 e. The molecule has 0 unspecified atom stereocenters. The molecule has 1 aromatic rings. The number of nitro benzene ring substituents is 1. The molecule has 0 atom stereocenters. The number of hydrogen-bond acceptors (Lipinski definition) is 6. The topological polar surface area (TPSA) is 122 Å². The molecule has 0 aliphatic heterocycles. The number of carboxylic acids is 1. The number of aromatic carboxylic acids is 1. The Morgan fingerprint density at radius 2 is 2.15 bits per heavy atom. The van der Waals surface area contributed by atoms with Gasteiger partial charge in [-0.1, -0.05) is 0 Å². The maximum absolute atomic E-state index is 13.4. The van der Waals surface area contributed by atoms with Crippen molar-refractivity contribution < 1.29 is 29.1 Å². The first kappa shape index (κ1) is 15.8. The van der Waals surface area contributed by atoms with Gasteiger partial charge in [0.2, 0.25) is 0 Å². The molecule has 0 aliphatic carbocycles. The van der Waals surface area contributed by atoms with Crippen LogP contribution >= 0.6 is 0 Å². The van der Waals surface area contributed by atoms with Gasteiger partial charge in [-0.25, -0.2) is 9.18 Å². The number of carbonyl (C=O) groups is 1. The molecule has 3 N–H and O–H groups in total. The van der Waals surface area contributed by atoms with Crippen LogP contribution < -0.4 is 5.32 Å². The number of rotatable bonds is 8. The van der Waals surface area contributed by atoms with Crippen molar-refractivity contribution in [2.45, 2.75) is 0 Å². The lowest BCUT2D eigenvalue weighted by Crippen LogP contribution is -2.13. The zero-order chi connectivity index (χ0) is 15.1. The van der Waals surface area contributed by atoms with Gasteiger partial charge in [0.05, 0.1) is 36.4 Å². The lowest BCUT2D eigenvalue weighted by atomic mass is 10.1. The number of benzene rings is 1. The zero-order valence-corrected chi connectivity index (χ0v) is 10.3. The van der Waals surface area contributed by atoms with Gasteiger partial charge in [-0.2, -0.15) is 0 Å². The van der Waals surface area contributed by atoms with Crippen molar-refractivity contribution in [2.24, 2.45) is 0 Å². The molecule has 0 saturated heterocycles. The summed E-state index contributed by atoms with van der Waals surface area (Å²) >= 11 is 0. The van der Waals surface area contributed by atoms with E-state index in [1.165, 1.54) is 0 Å². The number of nitrogens with zero attached hydrogens (tertiary/aromatic N) is 1. The molecule has 0 amide bonds. The van der Waals surface area contributed by atoms with Gasteiger partial charge in [0, 0.05) is 6.54 Å². The van der Waals surface area contributed by atoms with E-state index in [2.05, 4.69) is 5.32 Å². The summed E-state index contributed by atoms with van der Waals surface area (Å²) in [5.41, 5.74) is -1.33. The van der Waals surface area contributed by atoms with Gasteiger partial charge in [-0.05, 0) is 6.07 Å². The van der Waals surface area contributed by atoms with E-state index < -0.39 is 28.0 Å². The lowest BCUT2D eigenvalue weighted by molar-refractivity contribution is -0.384. The van der Waals surface area contributed by atoms with Crippen molar-refractivity contribution in [1.29, 1.82) is 0 Å². The first-order chi connectivity index (χ1) is 9.47. The molecule has 0 saturated carbocycles. The molecule has 9 heteroatoms. The summed E-state index contributed by atoms with van der Waals surface area (Å²) in [4.78, 5) is 20.7. The molecule has 110 valence electrons. The summed E-state index contributed by atoms with van der Waals surface area (Å²) in [7, 11) is 0. The highest BCUT2D eigenvalue weighted by Gasteiger charge is 2.21. The Bertz CT molecular complexity index is 508. The number of nitro groups is 1. The van der Waals surface area contributed by atoms with Gasteiger partial charge in [0.25, 0.3) is 5.69 Å². The SMILES string of the molecule is O=C(O)c1cc(NCCOCCO)c([N+](=O)[O-])cc1F. The maximum atomic E-state index is 13.4. The van der Waals surface area contributed by atoms with Crippen LogP contribution in [0.15, 0.2) is 12.1 Å². The Hall–Kier alpha value is -2.26. The zero-order valence-electron chi connectivity index (χ0n) is 10.3. The van der Waals surface area contributed by atoms with Crippen LogP contribution in [-0.4, -0.2) is 47.5 Å². The fraction of sp³-hybridized carbons (Fsp3) is 0.364. The van der Waals surface area contributed by atoms with Crippen LogP contribution in [0.2, 0.25) is 0 Å². The van der Waals surface area contributed by atoms with E-state index in [1.807, 2.05) is 0 Å². The Balaban J connectivity index is 2.88. The van der Waals surface area contributed by atoms with Gasteiger partial charge in [-0.15, -0.1) is 0 Å². The van der Waals surface area contributed by atoms with E-state index in [1.54, 1.807) is 0 Å². The van der Waals surface area contributed by atoms with Crippen LogP contribution in [0.1, 0.15) is 10.4 Å². The van der Waals surface area contributed by atoms with Crippen molar-refractivity contribution in [1.82, 2.24) is 0 Å². The van der Waals surface area contributed by atoms with Crippen LogP contribution in [0.3, 0.4) is 0 Å². The minimum Gasteiger partial charge on any atom is -0.478 e. The maximum Gasteiger partial charge on any atom is 0.338 e. The van der Waals surface area contributed by atoms with Gasteiger partial charge in [-0.3, -0.25) is 10.1 Å². The van der Waals surface area contributed by atoms with Crippen LogP contribution in [0.5, 0.6) is 0 Å². The van der Waals surface area contributed by atoms with Crippen molar-refractivity contribution in [3.63, 3.8) is 0 Å². The van der Waals surface area contributed by atoms with Gasteiger partial charge < -0.3 is 20.3 Å². The number of ether oxygens (including phenoxy) is 1. The number of hydrogen-bond donors (Lipinski definition) is 3. The molecule has 20 heavy (non-hydrogen) atoms. The number of aliphatic hydroxyl groups excluding tert-OH is 1. The van der Waals surface area contributed by atoms with Crippen LogP contribution in [0.4, 0.5) is 15.8 Å². The predicted molar refractivity (Wildman–Crippen MR) is 66.4 cm³/mol. The molecule has 0 aromatic heterocycles. The number of anilines is 1. The highest BCUT2D eigenvalue weighted by Crippen LogP contribution is 2.27. The average molecular weight is 288 g/mol. The normalized spacial score (nSPS) is 10.3. The summed E-state index contributed by atoms with van der Waals surface area (Å²) in [5, 5.41) is 30.6. The second-order valence-electron chi connectivity index (χ2n) is 3.67. The highest BCUT2D eigenvalue weighted by atomic mass is 19.1. The molecule has 0 fully saturated rings. The summed E-state index contributed by atoms with van der Waals surface area (Å²) in [5.74, 6) is -2.69. The molecule has 0 heterocycles. The van der Waals surface area contributed by atoms with Crippen molar-refractivity contribution in [3.8, 4) is 0 Å². The van der Waals surface area contributed by atoms with Crippen molar-refractivity contribution in [2.75, 3.05) is 31.7 Å². The summed E-state index contributed by atoms with van der Waals surface area (Å²) in [6, 6.07) is 1.42. The molecule has 8 nitrogen and oxygen atoms in total. The van der Waals surface area contributed by atoms with E-state index in [0.717, 1.165) is 6.07 Å². The van der Waals surface area contributed by atoms with Gasteiger partial charge in [0.15, 0.2) is 0 Å². The van der Waals surface area contributed by atoms with Crippen molar-refractivity contribution >= 4 is 17.3 Å². The number of nitrogens with one attached hydrogen (secondary N) is 1. The lowest BCUT2D eigenvalue weighted by Gasteiger charge is -2.09. The predicted octanol–water partition coefficient (Wildman–Crippen LogP) is 0.853. The Morgan fingerprint density at radius 3 is 2.70 bits per heavy atom. The molecule has 0 aliphatic rings. The first-order valence-electron chi connectivity index (χ1n) is 5.61. The average Bonchev–Trinajstić information content (AvgIpc) is 2.39. The number of aliphatic hydroxyl groups is 1. The first-order valence-corrected chi connectivity index (χ1v) is 5.61. The van der Waals surface area contributed by atoms with E-state index in [-0.39, 0.29) is 32.1 Å². The van der Waals surface area contributed by atoms with E-state index in [9.17, 15) is 19.3 Å². The van der Waals surface area contributed by atoms with Crippen LogP contribution in [0.25, 0.3) is 0 Å². The van der Waals surface area contributed by atoms with Crippen LogP contribution in [0, 0.1) is 15.9 Å². The molecule has 0 spiro atoms. The molecule has 1 aromatic carbocycles. The van der Waals surface area contributed by atoms with E-state index in [0.29, 0.717) is 6.07 Å². The molecule has 0 radical (unpaired) electrons. The monoisotopic (exact) mass is 288 g/mol. The quantitative estimate of drug-likeness (QED) is 0.368. The Morgan fingerprint density at radius 1 is 1.45 bits per heavy atom.